The Morgan fingerprint density at radius 2 is 1.83 bits per heavy atom. The first-order valence-electron chi connectivity index (χ1n) is 8.82. The summed E-state index contributed by atoms with van der Waals surface area (Å²) < 4.78 is 0. The molecule has 1 aromatic carbocycles. The zero-order chi connectivity index (χ0) is 16.7. The number of carbonyl (C=O) groups is 1. The van der Waals surface area contributed by atoms with Crippen LogP contribution in [0.15, 0.2) is 30.3 Å². The van der Waals surface area contributed by atoms with E-state index in [1.54, 1.807) is 0 Å². The molecular formula is C19H30N2O2. The van der Waals surface area contributed by atoms with Crippen LogP contribution in [0.5, 0.6) is 0 Å². The van der Waals surface area contributed by atoms with E-state index in [-0.39, 0.29) is 0 Å². The lowest BCUT2D eigenvalue weighted by atomic mass is 9.82. The van der Waals surface area contributed by atoms with Gasteiger partial charge in [-0.15, -0.1) is 0 Å². The monoisotopic (exact) mass is 318 g/mol. The van der Waals surface area contributed by atoms with Gasteiger partial charge in [-0.25, -0.2) is 0 Å². The second kappa shape index (κ2) is 8.46. The molecule has 0 saturated carbocycles. The first-order valence-corrected chi connectivity index (χ1v) is 8.82. The molecule has 0 atom stereocenters. The van der Waals surface area contributed by atoms with Crippen molar-refractivity contribution in [3.05, 3.63) is 35.9 Å². The molecule has 0 unspecified atom stereocenters. The van der Waals surface area contributed by atoms with E-state index in [4.69, 9.17) is 0 Å². The normalized spacial score (nSPS) is 17.3. The van der Waals surface area contributed by atoms with Gasteiger partial charge in [-0.2, -0.15) is 0 Å². The molecule has 0 aromatic heterocycles. The van der Waals surface area contributed by atoms with Crippen LogP contribution in [0.3, 0.4) is 0 Å². The fraction of sp³-hybridized carbons (Fsp3) is 0.632. The van der Waals surface area contributed by atoms with Crippen molar-refractivity contribution in [2.45, 2.75) is 52.1 Å². The molecule has 1 heterocycles. The molecule has 0 bridgehead atoms. The number of nitrogens with one attached hydrogen (secondary N) is 1. The van der Waals surface area contributed by atoms with E-state index in [1.165, 1.54) is 5.56 Å². The maximum atomic E-state index is 11.6. The molecule has 23 heavy (non-hydrogen) atoms. The topological polar surface area (TPSA) is 52.6 Å². The number of carboxylic acid groups (broad SMARTS) is 1. The third-order valence-electron chi connectivity index (χ3n) is 5.37. The summed E-state index contributed by atoms with van der Waals surface area (Å²) >= 11 is 0. The van der Waals surface area contributed by atoms with Gasteiger partial charge in [0.25, 0.3) is 0 Å². The van der Waals surface area contributed by atoms with Gasteiger partial charge in [0, 0.05) is 19.1 Å². The molecule has 0 amide bonds. The van der Waals surface area contributed by atoms with E-state index in [0.29, 0.717) is 25.4 Å². The van der Waals surface area contributed by atoms with Gasteiger partial charge in [-0.3, -0.25) is 9.69 Å². The number of likely N-dealkylation sites (tertiary alicyclic amines) is 1. The Balaban J connectivity index is 1.77. The van der Waals surface area contributed by atoms with Crippen molar-refractivity contribution >= 4 is 5.97 Å². The van der Waals surface area contributed by atoms with Crippen molar-refractivity contribution in [2.75, 3.05) is 19.6 Å². The van der Waals surface area contributed by atoms with Gasteiger partial charge in [-0.1, -0.05) is 44.2 Å². The maximum absolute atomic E-state index is 11.6. The molecule has 128 valence electrons. The molecule has 1 aromatic rings. The fourth-order valence-electron chi connectivity index (χ4n) is 3.35. The molecule has 0 aliphatic carbocycles. The second-order valence-corrected chi connectivity index (χ2v) is 6.71. The minimum absolute atomic E-state index is 0.443. The summed E-state index contributed by atoms with van der Waals surface area (Å²) in [4.78, 5) is 14.0. The summed E-state index contributed by atoms with van der Waals surface area (Å²) in [6.45, 7) is 7.69. The fourth-order valence-corrected chi connectivity index (χ4v) is 3.35. The largest absolute Gasteiger partial charge is 0.481 e. The standard InChI is InChI=1S/C19H30N2O2/c1-3-19(4-2,18(22)23)15-20-17-10-12-21(13-11-17)14-16-8-6-5-7-9-16/h5-9,17,20H,3-4,10-15H2,1-2H3,(H,22,23). The Labute approximate surface area is 139 Å². The molecular weight excluding hydrogens is 288 g/mol. The SMILES string of the molecule is CCC(CC)(CNC1CCN(Cc2ccccc2)CC1)C(=O)O. The minimum Gasteiger partial charge on any atom is -0.481 e. The number of rotatable bonds is 8. The zero-order valence-corrected chi connectivity index (χ0v) is 14.4. The van der Waals surface area contributed by atoms with Crippen LogP contribution in [-0.2, 0) is 11.3 Å². The minimum atomic E-state index is -0.670. The third-order valence-corrected chi connectivity index (χ3v) is 5.37. The van der Waals surface area contributed by atoms with E-state index in [1.807, 2.05) is 13.8 Å². The van der Waals surface area contributed by atoms with Crippen molar-refractivity contribution in [3.63, 3.8) is 0 Å². The summed E-state index contributed by atoms with van der Waals surface area (Å²) in [5.41, 5.74) is 0.752. The summed E-state index contributed by atoms with van der Waals surface area (Å²) in [6.07, 6.45) is 3.54. The molecule has 1 fully saturated rings. The van der Waals surface area contributed by atoms with Crippen LogP contribution >= 0.6 is 0 Å². The van der Waals surface area contributed by atoms with Crippen molar-refractivity contribution in [2.24, 2.45) is 5.41 Å². The number of carboxylic acids is 1. The number of piperidine rings is 1. The van der Waals surface area contributed by atoms with E-state index in [2.05, 4.69) is 40.5 Å². The third kappa shape index (κ3) is 4.79. The van der Waals surface area contributed by atoms with E-state index >= 15 is 0 Å². The zero-order valence-electron chi connectivity index (χ0n) is 14.4. The summed E-state index contributed by atoms with van der Waals surface area (Å²) in [5.74, 6) is -0.670. The van der Waals surface area contributed by atoms with Crippen LogP contribution in [0.4, 0.5) is 0 Å². The quantitative estimate of drug-likeness (QED) is 0.773. The summed E-state index contributed by atoms with van der Waals surface area (Å²) in [6, 6.07) is 11.0. The van der Waals surface area contributed by atoms with Gasteiger partial charge < -0.3 is 10.4 Å². The molecule has 1 aliphatic heterocycles. The molecule has 1 saturated heterocycles. The molecule has 4 nitrogen and oxygen atoms in total. The first-order chi connectivity index (χ1) is 11.1. The smallest absolute Gasteiger partial charge is 0.310 e. The van der Waals surface area contributed by atoms with Gasteiger partial charge >= 0.3 is 5.97 Å². The highest BCUT2D eigenvalue weighted by Gasteiger charge is 2.35. The van der Waals surface area contributed by atoms with Crippen LogP contribution in [0.1, 0.15) is 45.1 Å². The highest BCUT2D eigenvalue weighted by atomic mass is 16.4. The highest BCUT2D eigenvalue weighted by Crippen LogP contribution is 2.26. The van der Waals surface area contributed by atoms with Gasteiger partial charge in [0.05, 0.1) is 5.41 Å². The highest BCUT2D eigenvalue weighted by molar-refractivity contribution is 5.74. The number of nitrogens with zero attached hydrogens (tertiary/aromatic N) is 1. The molecule has 0 spiro atoms. The Hall–Kier alpha value is -1.39. The summed E-state index contributed by atoms with van der Waals surface area (Å²) in [5, 5.41) is 13.0. The lowest BCUT2D eigenvalue weighted by Gasteiger charge is -2.35. The Morgan fingerprint density at radius 1 is 1.22 bits per heavy atom. The Bertz CT molecular complexity index is 477. The van der Waals surface area contributed by atoms with Gasteiger partial charge in [0.2, 0.25) is 0 Å². The molecule has 1 aliphatic rings. The molecule has 2 rings (SSSR count). The van der Waals surface area contributed by atoms with Crippen LogP contribution in [0.2, 0.25) is 0 Å². The van der Waals surface area contributed by atoms with Crippen molar-refractivity contribution < 1.29 is 9.90 Å². The first kappa shape index (κ1) is 18.0. The molecule has 2 N–H and O–H groups in total. The second-order valence-electron chi connectivity index (χ2n) is 6.71. The lowest BCUT2D eigenvalue weighted by Crippen LogP contribution is -2.48. The summed E-state index contributed by atoms with van der Waals surface area (Å²) in [7, 11) is 0. The Morgan fingerprint density at radius 3 is 2.35 bits per heavy atom. The Kier molecular flexibility index (Phi) is 6.60. The van der Waals surface area contributed by atoms with Crippen LogP contribution < -0.4 is 5.32 Å². The number of aliphatic carboxylic acids is 1. The van der Waals surface area contributed by atoms with Crippen LogP contribution in [0, 0.1) is 5.41 Å². The van der Waals surface area contributed by atoms with E-state index < -0.39 is 11.4 Å². The van der Waals surface area contributed by atoms with E-state index in [9.17, 15) is 9.90 Å². The average Bonchev–Trinajstić information content (AvgIpc) is 2.58. The van der Waals surface area contributed by atoms with Gasteiger partial charge in [0.15, 0.2) is 0 Å². The lowest BCUT2D eigenvalue weighted by molar-refractivity contribution is -0.149. The predicted molar refractivity (Wildman–Crippen MR) is 93.4 cm³/mol. The van der Waals surface area contributed by atoms with Gasteiger partial charge in [0.1, 0.15) is 0 Å². The average molecular weight is 318 g/mol. The van der Waals surface area contributed by atoms with Crippen molar-refractivity contribution in [1.29, 1.82) is 0 Å². The molecule has 0 radical (unpaired) electrons. The van der Waals surface area contributed by atoms with Crippen LogP contribution in [0.25, 0.3) is 0 Å². The number of hydrogen-bond donors (Lipinski definition) is 2. The van der Waals surface area contributed by atoms with Crippen LogP contribution in [-0.4, -0.2) is 41.7 Å². The van der Waals surface area contributed by atoms with E-state index in [0.717, 1.165) is 32.5 Å². The predicted octanol–water partition coefficient (Wildman–Crippen LogP) is 3.13. The maximum Gasteiger partial charge on any atom is 0.310 e. The molecule has 4 heteroatoms. The number of benzene rings is 1. The van der Waals surface area contributed by atoms with Crippen molar-refractivity contribution in [1.82, 2.24) is 10.2 Å². The number of hydrogen-bond acceptors (Lipinski definition) is 3. The van der Waals surface area contributed by atoms with Gasteiger partial charge in [-0.05, 0) is 44.3 Å². The van der Waals surface area contributed by atoms with Crippen molar-refractivity contribution in [3.8, 4) is 0 Å².